The fourth-order valence-electron chi connectivity index (χ4n) is 3.97. The quantitative estimate of drug-likeness (QED) is 0.470. The molecule has 3 heterocycles. The molecule has 2 saturated heterocycles. The molecule has 0 aliphatic carbocycles. The van der Waals surface area contributed by atoms with Gasteiger partial charge in [-0.2, -0.15) is 4.36 Å². The standard InChI is InChI=1S/C22H23FN4O5S.C2H6/c23-13-3-4-15(19(7-13)32-20-11-31-10-18(20)29)26-22-21-16(24-12-25-22)8-14(9-17(21)28)27-33(30)5-1-2-6-33;1-2/h3-4,7-9,12,18,20,28-29H,1-2,5-6,10-11H2,(H,24,25,26);1-2H3. The Hall–Kier alpha value is -3.02. The van der Waals surface area contributed by atoms with Gasteiger partial charge in [-0.25, -0.2) is 18.6 Å². The molecule has 9 nitrogen and oxygen atoms in total. The van der Waals surface area contributed by atoms with Gasteiger partial charge in [0.1, 0.15) is 35.6 Å². The van der Waals surface area contributed by atoms with Gasteiger partial charge in [0, 0.05) is 23.6 Å². The van der Waals surface area contributed by atoms with Crippen molar-refractivity contribution in [1.29, 1.82) is 0 Å². The molecule has 3 aromatic rings. The summed E-state index contributed by atoms with van der Waals surface area (Å²) in [6.07, 6.45) is 1.62. The number of benzene rings is 2. The Kier molecular flexibility index (Phi) is 7.68. The number of hydrogen-bond donors (Lipinski definition) is 3. The normalized spacial score (nSPS) is 20.8. The Labute approximate surface area is 203 Å². The van der Waals surface area contributed by atoms with E-state index in [1.54, 1.807) is 6.07 Å². The number of nitrogens with zero attached hydrogens (tertiary/aromatic N) is 3. The van der Waals surface area contributed by atoms with Crippen molar-refractivity contribution in [3.8, 4) is 11.5 Å². The van der Waals surface area contributed by atoms with Crippen molar-refractivity contribution in [2.24, 2.45) is 4.36 Å². The Bertz CT molecular complexity index is 1320. The van der Waals surface area contributed by atoms with Crippen LogP contribution in [0.4, 0.5) is 21.6 Å². The van der Waals surface area contributed by atoms with Crippen molar-refractivity contribution in [1.82, 2.24) is 9.97 Å². The minimum Gasteiger partial charge on any atom is -0.507 e. The molecule has 35 heavy (non-hydrogen) atoms. The van der Waals surface area contributed by atoms with Crippen LogP contribution in [0.2, 0.25) is 0 Å². The van der Waals surface area contributed by atoms with Gasteiger partial charge in [0.05, 0.1) is 45.2 Å². The fourth-order valence-corrected chi connectivity index (χ4v) is 6.15. The van der Waals surface area contributed by atoms with Crippen LogP contribution in [0, 0.1) is 5.82 Å². The molecule has 1 aromatic heterocycles. The Balaban J connectivity index is 0.00000141. The van der Waals surface area contributed by atoms with Crippen LogP contribution in [0.15, 0.2) is 41.0 Å². The molecule has 3 N–H and O–H groups in total. The molecule has 2 aromatic carbocycles. The molecule has 0 saturated carbocycles. The van der Waals surface area contributed by atoms with Crippen molar-refractivity contribution in [3.63, 3.8) is 0 Å². The average molecular weight is 505 g/mol. The van der Waals surface area contributed by atoms with Crippen molar-refractivity contribution >= 4 is 37.8 Å². The lowest BCUT2D eigenvalue weighted by atomic mass is 10.2. The predicted molar refractivity (Wildman–Crippen MR) is 133 cm³/mol. The van der Waals surface area contributed by atoms with Gasteiger partial charge in [-0.05, 0) is 31.0 Å². The molecule has 2 aliphatic heterocycles. The lowest BCUT2D eigenvalue weighted by Crippen LogP contribution is -2.30. The first-order valence-corrected chi connectivity index (χ1v) is 13.4. The number of aliphatic hydroxyl groups is 1. The number of anilines is 2. The number of phenols is 1. The number of ether oxygens (including phenoxy) is 2. The second-order valence-electron chi connectivity index (χ2n) is 8.09. The van der Waals surface area contributed by atoms with E-state index in [0.717, 1.165) is 12.8 Å². The molecule has 2 atom stereocenters. The van der Waals surface area contributed by atoms with E-state index >= 15 is 0 Å². The molecule has 2 fully saturated rings. The highest BCUT2D eigenvalue weighted by atomic mass is 32.2. The summed E-state index contributed by atoms with van der Waals surface area (Å²) in [5.41, 5.74) is 1.20. The first-order valence-electron chi connectivity index (χ1n) is 11.6. The molecule has 0 radical (unpaired) electrons. The minimum absolute atomic E-state index is 0.125. The number of aliphatic hydroxyl groups excluding tert-OH is 1. The summed E-state index contributed by atoms with van der Waals surface area (Å²) in [5.74, 6) is 0.910. The highest BCUT2D eigenvalue weighted by molar-refractivity contribution is 7.93. The number of halogens is 1. The summed E-state index contributed by atoms with van der Waals surface area (Å²) in [6.45, 7) is 4.33. The first-order chi connectivity index (χ1) is 16.9. The molecule has 5 rings (SSSR count). The number of nitrogens with one attached hydrogen (secondary N) is 1. The summed E-state index contributed by atoms with van der Waals surface area (Å²) in [6, 6.07) is 7.03. The number of phenolic OH excluding ortho intramolecular Hbond substituents is 1. The fraction of sp³-hybridized carbons (Fsp3) is 0.417. The van der Waals surface area contributed by atoms with Gasteiger partial charge in [0.15, 0.2) is 6.10 Å². The molecule has 11 heteroatoms. The van der Waals surface area contributed by atoms with E-state index in [2.05, 4.69) is 19.6 Å². The second-order valence-corrected chi connectivity index (χ2v) is 10.6. The predicted octanol–water partition coefficient (Wildman–Crippen LogP) is 4.28. The summed E-state index contributed by atoms with van der Waals surface area (Å²) >= 11 is 0. The SMILES string of the molecule is CC.O=S1(=Nc2cc(O)c3c(Nc4ccc(F)cc4OC4COCC4O)ncnc3c2)CCCC1. The van der Waals surface area contributed by atoms with Crippen LogP contribution in [0.3, 0.4) is 0 Å². The number of hydrogen-bond acceptors (Lipinski definition) is 9. The third-order valence-corrected chi connectivity index (χ3v) is 8.02. The molecule has 0 amide bonds. The largest absolute Gasteiger partial charge is 0.507 e. The third kappa shape index (κ3) is 5.63. The van der Waals surface area contributed by atoms with Gasteiger partial charge in [-0.3, -0.25) is 0 Å². The molecular formula is C24H29FN4O5S. The first kappa shape index (κ1) is 25.1. The number of aromatic nitrogens is 2. The summed E-state index contributed by atoms with van der Waals surface area (Å²) in [4.78, 5) is 8.45. The van der Waals surface area contributed by atoms with Crippen LogP contribution < -0.4 is 10.1 Å². The molecular weight excluding hydrogens is 475 g/mol. The van der Waals surface area contributed by atoms with Crippen molar-refractivity contribution < 1.29 is 28.3 Å². The lowest BCUT2D eigenvalue weighted by molar-refractivity contribution is 0.0736. The zero-order valence-electron chi connectivity index (χ0n) is 19.6. The van der Waals surface area contributed by atoms with E-state index in [0.29, 0.717) is 33.8 Å². The maximum absolute atomic E-state index is 13.9. The summed E-state index contributed by atoms with van der Waals surface area (Å²) < 4.78 is 42.1. The third-order valence-electron chi connectivity index (χ3n) is 5.63. The molecule has 2 aliphatic rings. The van der Waals surface area contributed by atoms with E-state index in [4.69, 9.17) is 9.47 Å². The van der Waals surface area contributed by atoms with Crippen molar-refractivity contribution in [2.45, 2.75) is 38.9 Å². The van der Waals surface area contributed by atoms with E-state index in [-0.39, 0.29) is 30.5 Å². The lowest BCUT2D eigenvalue weighted by Gasteiger charge is -2.19. The smallest absolute Gasteiger partial charge is 0.150 e. The zero-order valence-corrected chi connectivity index (χ0v) is 20.4. The van der Waals surface area contributed by atoms with Crippen molar-refractivity contribution in [2.75, 3.05) is 30.0 Å². The van der Waals surface area contributed by atoms with Crippen LogP contribution in [0.25, 0.3) is 10.9 Å². The van der Waals surface area contributed by atoms with Gasteiger partial charge in [-0.15, -0.1) is 0 Å². The Morgan fingerprint density at radius 2 is 1.94 bits per heavy atom. The van der Waals surface area contributed by atoms with E-state index in [9.17, 15) is 18.8 Å². The van der Waals surface area contributed by atoms with Crippen molar-refractivity contribution in [3.05, 3.63) is 42.5 Å². The number of rotatable bonds is 5. The van der Waals surface area contributed by atoms with Crippen LogP contribution in [-0.4, -0.2) is 61.3 Å². The van der Waals surface area contributed by atoms with Gasteiger partial charge < -0.3 is 25.0 Å². The number of fused-ring (bicyclic) bond motifs is 1. The molecule has 188 valence electrons. The monoisotopic (exact) mass is 504 g/mol. The summed E-state index contributed by atoms with van der Waals surface area (Å²) in [5, 5.41) is 24.1. The summed E-state index contributed by atoms with van der Waals surface area (Å²) in [7, 11) is -2.30. The van der Waals surface area contributed by atoms with Crippen LogP contribution in [0.1, 0.15) is 26.7 Å². The molecule has 0 spiro atoms. The van der Waals surface area contributed by atoms with Crippen LogP contribution in [0.5, 0.6) is 11.5 Å². The van der Waals surface area contributed by atoms with Crippen LogP contribution in [-0.2, 0) is 14.5 Å². The average Bonchev–Trinajstić information content (AvgIpc) is 3.44. The van der Waals surface area contributed by atoms with E-state index in [1.807, 2.05) is 13.8 Å². The van der Waals surface area contributed by atoms with Crippen LogP contribution >= 0.6 is 0 Å². The zero-order chi connectivity index (χ0) is 25.0. The van der Waals surface area contributed by atoms with Gasteiger partial charge >= 0.3 is 0 Å². The second kappa shape index (κ2) is 10.7. The van der Waals surface area contributed by atoms with E-state index < -0.39 is 27.8 Å². The maximum atomic E-state index is 13.9. The molecule has 2 unspecified atom stereocenters. The highest BCUT2D eigenvalue weighted by Crippen LogP contribution is 2.37. The van der Waals surface area contributed by atoms with Gasteiger partial charge in [0.2, 0.25) is 0 Å². The Morgan fingerprint density at radius 1 is 1.17 bits per heavy atom. The number of aromatic hydroxyl groups is 1. The maximum Gasteiger partial charge on any atom is 0.150 e. The van der Waals surface area contributed by atoms with E-state index in [1.165, 1.54) is 30.6 Å². The highest BCUT2D eigenvalue weighted by Gasteiger charge is 2.29. The minimum atomic E-state index is -2.30. The Morgan fingerprint density at radius 3 is 2.66 bits per heavy atom. The molecule has 0 bridgehead atoms. The topological polar surface area (TPSA) is 126 Å². The van der Waals surface area contributed by atoms with Gasteiger partial charge in [-0.1, -0.05) is 13.8 Å². The van der Waals surface area contributed by atoms with Gasteiger partial charge in [0.25, 0.3) is 0 Å².